The Kier molecular flexibility index (Phi) is 2.91. The Hall–Kier alpha value is -2.00. The monoisotopic (exact) mass is 273 g/mol. The Morgan fingerprint density at radius 2 is 1.89 bits per heavy atom. The molecule has 1 N–H and O–H groups in total. The predicted molar refractivity (Wildman–Crippen MR) is 76.2 cm³/mol. The van der Waals surface area contributed by atoms with Crippen LogP contribution in [0.15, 0.2) is 42.5 Å². The summed E-state index contributed by atoms with van der Waals surface area (Å²) in [6.45, 7) is 1.77. The van der Waals surface area contributed by atoms with Crippen LogP contribution in [0, 0.1) is 0 Å². The normalized spacial score (nSPS) is 12.7. The molecule has 1 aromatic heterocycles. The number of carbonyl (C=O) groups excluding carboxylic acids is 1. The van der Waals surface area contributed by atoms with Crippen molar-refractivity contribution in [3.63, 3.8) is 0 Å². The number of fused-ring (bicyclic) bond motifs is 3. The molecule has 0 aliphatic carbocycles. The van der Waals surface area contributed by atoms with Gasteiger partial charge in [0.1, 0.15) is 11.9 Å². The molecule has 0 aliphatic heterocycles. The summed E-state index contributed by atoms with van der Waals surface area (Å²) in [5.74, 6) is -0.828. The highest BCUT2D eigenvalue weighted by Crippen LogP contribution is 2.28. The van der Waals surface area contributed by atoms with Crippen LogP contribution in [0.4, 0.5) is 0 Å². The van der Waals surface area contributed by atoms with E-state index in [1.807, 2.05) is 36.4 Å². The van der Waals surface area contributed by atoms with Crippen LogP contribution in [0.5, 0.6) is 0 Å². The van der Waals surface area contributed by atoms with Crippen LogP contribution in [0.3, 0.4) is 0 Å². The van der Waals surface area contributed by atoms with E-state index in [-0.39, 0.29) is 5.92 Å². The third-order valence-corrected chi connectivity index (χ3v) is 3.61. The highest BCUT2D eigenvalue weighted by Gasteiger charge is 2.17. The minimum atomic E-state index is -0.447. The standard InChI is InChI=1S/C15H12ClNO2/c1-9(15(18)19-16)10-6-7-12-11-4-2-3-5-13(11)17-14(12)8-10/h2-9,17H,1H3/t9-/m1/s1. The molecule has 0 bridgehead atoms. The van der Waals surface area contributed by atoms with Gasteiger partial charge in [0.15, 0.2) is 0 Å². The smallest absolute Gasteiger partial charge is 0.331 e. The molecule has 96 valence electrons. The molecule has 0 saturated carbocycles. The van der Waals surface area contributed by atoms with Gasteiger partial charge in [0.25, 0.3) is 0 Å². The Balaban J connectivity index is 2.16. The largest absolute Gasteiger partial charge is 0.355 e. The van der Waals surface area contributed by atoms with E-state index in [1.54, 1.807) is 6.92 Å². The fourth-order valence-electron chi connectivity index (χ4n) is 2.34. The Labute approximate surface area is 115 Å². The van der Waals surface area contributed by atoms with E-state index in [1.165, 1.54) is 5.39 Å². The number of carbonyl (C=O) groups is 1. The first kappa shape index (κ1) is 12.1. The molecule has 1 heterocycles. The van der Waals surface area contributed by atoms with E-state index in [0.717, 1.165) is 22.0 Å². The average molecular weight is 274 g/mol. The van der Waals surface area contributed by atoms with Crippen LogP contribution in [0.25, 0.3) is 21.8 Å². The molecule has 0 saturated heterocycles. The summed E-state index contributed by atoms with van der Waals surface area (Å²) < 4.78 is 4.26. The van der Waals surface area contributed by atoms with Crippen LogP contribution < -0.4 is 0 Å². The van der Waals surface area contributed by atoms with Crippen LogP contribution >= 0.6 is 11.9 Å². The van der Waals surface area contributed by atoms with E-state index in [0.29, 0.717) is 0 Å². The topological polar surface area (TPSA) is 42.1 Å². The van der Waals surface area contributed by atoms with Crippen molar-refractivity contribution >= 4 is 39.6 Å². The summed E-state index contributed by atoms with van der Waals surface area (Å²) in [4.78, 5) is 14.8. The minimum Gasteiger partial charge on any atom is -0.355 e. The maximum absolute atomic E-state index is 11.5. The Morgan fingerprint density at radius 1 is 1.16 bits per heavy atom. The Bertz CT molecular complexity index is 763. The van der Waals surface area contributed by atoms with Crippen LogP contribution in [0.1, 0.15) is 18.4 Å². The van der Waals surface area contributed by atoms with Gasteiger partial charge >= 0.3 is 5.97 Å². The molecule has 0 spiro atoms. The SMILES string of the molecule is C[C@@H](C(=O)OCl)c1ccc2c(c1)[nH]c1ccccc12. The molecule has 3 nitrogen and oxygen atoms in total. The fourth-order valence-corrected chi connectivity index (χ4v) is 2.48. The number of H-pyrrole nitrogens is 1. The number of nitrogens with one attached hydrogen (secondary N) is 1. The zero-order valence-electron chi connectivity index (χ0n) is 10.3. The molecular weight excluding hydrogens is 262 g/mol. The van der Waals surface area contributed by atoms with E-state index < -0.39 is 5.97 Å². The lowest BCUT2D eigenvalue weighted by atomic mass is 10.00. The molecule has 0 aliphatic rings. The van der Waals surface area contributed by atoms with Crippen LogP contribution in [-0.2, 0) is 9.08 Å². The second-order valence-electron chi connectivity index (χ2n) is 4.59. The predicted octanol–water partition coefficient (Wildman–Crippen LogP) is 4.12. The summed E-state index contributed by atoms with van der Waals surface area (Å²) in [5, 5.41) is 2.32. The average Bonchev–Trinajstić information content (AvgIpc) is 2.83. The van der Waals surface area contributed by atoms with Crippen molar-refractivity contribution in [1.29, 1.82) is 0 Å². The number of rotatable bonds is 2. The van der Waals surface area contributed by atoms with Gasteiger partial charge in [-0.3, -0.25) is 0 Å². The molecule has 3 aromatic rings. The van der Waals surface area contributed by atoms with Gasteiger partial charge in [-0.1, -0.05) is 30.3 Å². The van der Waals surface area contributed by atoms with E-state index in [2.05, 4.69) is 15.3 Å². The third-order valence-electron chi connectivity index (χ3n) is 3.46. The number of para-hydroxylation sites is 1. The first-order valence-corrected chi connectivity index (χ1v) is 6.34. The first-order chi connectivity index (χ1) is 9.20. The highest BCUT2D eigenvalue weighted by molar-refractivity contribution is 6.14. The Morgan fingerprint density at radius 3 is 2.68 bits per heavy atom. The van der Waals surface area contributed by atoms with E-state index in [9.17, 15) is 4.79 Å². The zero-order valence-corrected chi connectivity index (χ0v) is 11.1. The number of halogens is 1. The van der Waals surface area contributed by atoms with Crippen molar-refractivity contribution in [3.05, 3.63) is 48.0 Å². The lowest BCUT2D eigenvalue weighted by Gasteiger charge is -2.07. The lowest BCUT2D eigenvalue weighted by Crippen LogP contribution is -2.08. The van der Waals surface area contributed by atoms with Gasteiger partial charge in [-0.2, -0.15) is 0 Å². The van der Waals surface area contributed by atoms with Crippen molar-refractivity contribution in [2.45, 2.75) is 12.8 Å². The summed E-state index contributed by atoms with van der Waals surface area (Å²) in [7, 11) is 0. The van der Waals surface area contributed by atoms with Crippen LogP contribution in [-0.4, -0.2) is 11.0 Å². The maximum Gasteiger partial charge on any atom is 0.331 e. The molecule has 0 unspecified atom stereocenters. The minimum absolute atomic E-state index is 0.381. The number of benzene rings is 2. The first-order valence-electron chi connectivity index (χ1n) is 6.03. The molecule has 3 rings (SSSR count). The highest BCUT2D eigenvalue weighted by atomic mass is 35.5. The molecule has 1 atom stereocenters. The number of aromatic amines is 1. The van der Waals surface area contributed by atoms with Gasteiger partial charge < -0.3 is 9.27 Å². The second-order valence-corrected chi connectivity index (χ2v) is 4.75. The quantitative estimate of drug-likeness (QED) is 0.763. The molecule has 19 heavy (non-hydrogen) atoms. The van der Waals surface area contributed by atoms with Gasteiger partial charge in [0.05, 0.1) is 5.92 Å². The van der Waals surface area contributed by atoms with Gasteiger partial charge in [-0.05, 0) is 24.6 Å². The van der Waals surface area contributed by atoms with Gasteiger partial charge in [0, 0.05) is 21.8 Å². The fraction of sp³-hybridized carbons (Fsp3) is 0.133. The molecule has 0 amide bonds. The number of hydrogen-bond acceptors (Lipinski definition) is 2. The molecule has 0 radical (unpaired) electrons. The summed E-state index contributed by atoms with van der Waals surface area (Å²) in [5.41, 5.74) is 2.97. The molecule has 4 heteroatoms. The summed E-state index contributed by atoms with van der Waals surface area (Å²) in [6.07, 6.45) is 0. The zero-order chi connectivity index (χ0) is 13.4. The van der Waals surface area contributed by atoms with Gasteiger partial charge in [-0.15, -0.1) is 0 Å². The van der Waals surface area contributed by atoms with Crippen molar-refractivity contribution in [2.24, 2.45) is 0 Å². The van der Waals surface area contributed by atoms with Crippen molar-refractivity contribution in [3.8, 4) is 0 Å². The summed E-state index contributed by atoms with van der Waals surface area (Å²) in [6, 6.07) is 14.0. The van der Waals surface area contributed by atoms with Gasteiger partial charge in [0.2, 0.25) is 0 Å². The molecule has 2 aromatic carbocycles. The van der Waals surface area contributed by atoms with Crippen molar-refractivity contribution in [1.82, 2.24) is 4.98 Å². The van der Waals surface area contributed by atoms with Crippen LogP contribution in [0.2, 0.25) is 0 Å². The van der Waals surface area contributed by atoms with Gasteiger partial charge in [-0.25, -0.2) is 4.79 Å². The van der Waals surface area contributed by atoms with E-state index >= 15 is 0 Å². The van der Waals surface area contributed by atoms with Crippen molar-refractivity contribution in [2.75, 3.05) is 0 Å². The second kappa shape index (κ2) is 4.59. The van der Waals surface area contributed by atoms with E-state index in [4.69, 9.17) is 11.9 Å². The summed E-state index contributed by atoms with van der Waals surface area (Å²) >= 11 is 5.12. The lowest BCUT2D eigenvalue weighted by molar-refractivity contribution is -0.135. The maximum atomic E-state index is 11.5. The number of hydrogen-bond donors (Lipinski definition) is 1. The number of aromatic nitrogens is 1. The molecule has 0 fully saturated rings. The van der Waals surface area contributed by atoms with Crippen molar-refractivity contribution < 1.29 is 9.08 Å². The third kappa shape index (κ3) is 1.96. The molecular formula is C15H12ClNO2.